The van der Waals surface area contributed by atoms with Gasteiger partial charge in [0.1, 0.15) is 0 Å². The van der Waals surface area contributed by atoms with Gasteiger partial charge in [-0.15, -0.1) is 0 Å². The van der Waals surface area contributed by atoms with Crippen LogP contribution in [0.3, 0.4) is 0 Å². The SMILES string of the molecule is CC1=CC(C)=[C]([Ti+2]2([C]3=CC=CC3)[CH2][CH2]2)C1.[Cl-].[Cl-]. The molecular formula is C14H18Cl2Ti. The number of allylic oxidation sites excluding steroid dienone is 8. The average molecular weight is 305 g/mol. The fourth-order valence-electron chi connectivity index (χ4n) is 3.22. The Morgan fingerprint density at radius 3 is 2.24 bits per heavy atom. The van der Waals surface area contributed by atoms with Crippen LogP contribution in [-0.2, 0) is 16.6 Å². The summed E-state index contributed by atoms with van der Waals surface area (Å²) in [4.78, 5) is 0. The van der Waals surface area contributed by atoms with Gasteiger partial charge >= 0.3 is 95.9 Å². The van der Waals surface area contributed by atoms with Crippen molar-refractivity contribution in [1.29, 1.82) is 0 Å². The second-order valence-corrected chi connectivity index (χ2v) is 12.1. The molecule has 0 nitrogen and oxygen atoms in total. The first-order valence-corrected chi connectivity index (χ1v) is 9.73. The van der Waals surface area contributed by atoms with E-state index in [1.807, 2.05) is 7.76 Å². The van der Waals surface area contributed by atoms with Crippen molar-refractivity contribution in [3.63, 3.8) is 0 Å². The molecule has 0 amide bonds. The molecule has 0 radical (unpaired) electrons. The first-order valence-electron chi connectivity index (χ1n) is 5.96. The molecular weight excluding hydrogens is 287 g/mol. The van der Waals surface area contributed by atoms with Crippen molar-refractivity contribution in [2.24, 2.45) is 0 Å². The van der Waals surface area contributed by atoms with E-state index >= 15 is 0 Å². The van der Waals surface area contributed by atoms with Crippen molar-refractivity contribution in [1.82, 2.24) is 0 Å². The van der Waals surface area contributed by atoms with Crippen molar-refractivity contribution in [2.45, 2.75) is 36.1 Å². The van der Waals surface area contributed by atoms with E-state index in [4.69, 9.17) is 0 Å². The number of hydrogen-bond acceptors (Lipinski definition) is 0. The molecule has 1 saturated heterocycles. The fraction of sp³-hybridized carbons (Fsp3) is 0.429. The molecule has 0 unspecified atom stereocenters. The van der Waals surface area contributed by atoms with Gasteiger partial charge in [0.15, 0.2) is 0 Å². The van der Waals surface area contributed by atoms with E-state index in [1.54, 1.807) is 20.6 Å². The van der Waals surface area contributed by atoms with Gasteiger partial charge in [-0.2, -0.15) is 0 Å². The molecule has 0 aromatic rings. The number of rotatable bonds is 2. The summed E-state index contributed by atoms with van der Waals surface area (Å²) in [6.45, 7) is 4.62. The first-order chi connectivity index (χ1) is 7.22. The van der Waals surface area contributed by atoms with Crippen molar-refractivity contribution >= 4 is 0 Å². The van der Waals surface area contributed by atoms with Crippen molar-refractivity contribution in [3.8, 4) is 0 Å². The Kier molecular flexibility index (Phi) is 4.94. The number of halogens is 2. The Morgan fingerprint density at radius 2 is 1.82 bits per heavy atom. The minimum atomic E-state index is -1.61. The monoisotopic (exact) mass is 304 g/mol. The summed E-state index contributed by atoms with van der Waals surface area (Å²) in [5.74, 6) is 0. The third-order valence-electron chi connectivity index (χ3n) is 4.11. The van der Waals surface area contributed by atoms with Gasteiger partial charge in [0.05, 0.1) is 0 Å². The molecule has 3 heteroatoms. The zero-order valence-electron chi connectivity index (χ0n) is 10.4. The van der Waals surface area contributed by atoms with Gasteiger partial charge in [-0.1, -0.05) is 0 Å². The molecule has 0 saturated carbocycles. The molecule has 1 fully saturated rings. The summed E-state index contributed by atoms with van der Waals surface area (Å²) in [6.07, 6.45) is 12.0. The van der Waals surface area contributed by atoms with Crippen molar-refractivity contribution in [2.75, 3.05) is 0 Å². The predicted octanol–water partition coefficient (Wildman–Crippen LogP) is -1.53. The first kappa shape index (κ1) is 15.3. The molecule has 92 valence electrons. The van der Waals surface area contributed by atoms with E-state index in [9.17, 15) is 0 Å². The van der Waals surface area contributed by atoms with Crippen LogP contribution < -0.4 is 24.8 Å². The summed E-state index contributed by atoms with van der Waals surface area (Å²) in [6, 6.07) is 0. The number of hydrogen-bond donors (Lipinski definition) is 0. The Morgan fingerprint density at radius 1 is 1.12 bits per heavy atom. The smallest absolute Gasteiger partial charge is 1.00 e. The van der Waals surface area contributed by atoms with Crippen LogP contribution in [-0.4, -0.2) is 0 Å². The largest absolute Gasteiger partial charge is 1.00 e. The van der Waals surface area contributed by atoms with Gasteiger partial charge in [0, 0.05) is 0 Å². The normalized spacial score (nSPS) is 22.0. The maximum absolute atomic E-state index is 2.43. The maximum atomic E-state index is 2.43. The van der Waals surface area contributed by atoms with Crippen LogP contribution in [0, 0.1) is 0 Å². The van der Waals surface area contributed by atoms with Gasteiger partial charge in [-0.25, -0.2) is 0 Å². The third kappa shape index (κ3) is 2.51. The molecule has 0 spiro atoms. The molecule has 0 aromatic carbocycles. The minimum Gasteiger partial charge on any atom is -1.00 e. The third-order valence-corrected chi connectivity index (χ3v) is 11.6. The van der Waals surface area contributed by atoms with Crippen LogP contribution >= 0.6 is 0 Å². The van der Waals surface area contributed by atoms with E-state index in [-0.39, 0.29) is 24.8 Å². The zero-order chi connectivity index (χ0) is 10.5. The van der Waals surface area contributed by atoms with Gasteiger partial charge in [-0.05, 0) is 0 Å². The predicted molar refractivity (Wildman–Crippen MR) is 62.5 cm³/mol. The second-order valence-electron chi connectivity index (χ2n) is 5.24. The standard InChI is InChI=1S/C7H9.C5H5.C2H4.2ClH.Ti/c1-6-3-4-7(2)5-6;1-2-4-5-3-1;1-2;;;/h5H,3H2,1-2H3;1-3H,4H2;1-2H2;2*1H;/q;;;;;+2/p-2. The van der Waals surface area contributed by atoms with Crippen LogP contribution in [0.5, 0.6) is 0 Å². The van der Waals surface area contributed by atoms with E-state index in [2.05, 4.69) is 38.2 Å². The quantitative estimate of drug-likeness (QED) is 0.543. The second kappa shape index (κ2) is 5.49. The summed E-state index contributed by atoms with van der Waals surface area (Å²) < 4.78 is 6.90. The molecule has 0 bridgehead atoms. The van der Waals surface area contributed by atoms with E-state index in [0.29, 0.717) is 0 Å². The summed E-state index contributed by atoms with van der Waals surface area (Å²) in [7, 11) is 0. The summed E-state index contributed by atoms with van der Waals surface area (Å²) >= 11 is -1.61. The van der Waals surface area contributed by atoms with Crippen LogP contribution in [0.4, 0.5) is 0 Å². The fourth-order valence-corrected chi connectivity index (χ4v) is 11.5. The molecule has 0 aromatic heterocycles. The molecule has 3 aliphatic rings. The summed E-state index contributed by atoms with van der Waals surface area (Å²) in [5, 5.41) is 0. The topological polar surface area (TPSA) is 0 Å². The average Bonchev–Trinajstić information content (AvgIpc) is 2.68. The zero-order valence-corrected chi connectivity index (χ0v) is 13.5. The van der Waals surface area contributed by atoms with E-state index in [1.165, 1.54) is 12.8 Å². The van der Waals surface area contributed by atoms with Crippen LogP contribution in [0.25, 0.3) is 0 Å². The Bertz CT molecular complexity index is 437. The van der Waals surface area contributed by atoms with Gasteiger partial charge in [0.2, 0.25) is 0 Å². The Balaban J connectivity index is 0.000000722. The molecule has 3 rings (SSSR count). The van der Waals surface area contributed by atoms with Crippen LogP contribution in [0.1, 0.15) is 26.7 Å². The summed E-state index contributed by atoms with van der Waals surface area (Å²) in [5.41, 5.74) is 3.21. The minimum absolute atomic E-state index is 0. The van der Waals surface area contributed by atoms with Crippen LogP contribution in [0.2, 0.25) is 9.45 Å². The molecule has 17 heavy (non-hydrogen) atoms. The maximum Gasteiger partial charge on any atom is -1.00 e. The Hall–Kier alpha value is 0.254. The van der Waals surface area contributed by atoms with E-state index < -0.39 is 16.6 Å². The van der Waals surface area contributed by atoms with Gasteiger partial charge < -0.3 is 24.8 Å². The molecule has 0 atom stereocenters. The van der Waals surface area contributed by atoms with Crippen molar-refractivity contribution < 1.29 is 41.4 Å². The van der Waals surface area contributed by atoms with Crippen LogP contribution in [0.15, 0.2) is 43.2 Å². The van der Waals surface area contributed by atoms with Gasteiger partial charge in [0.25, 0.3) is 0 Å². The molecule has 1 heterocycles. The van der Waals surface area contributed by atoms with Gasteiger partial charge in [-0.3, -0.25) is 0 Å². The Labute approximate surface area is 120 Å². The molecule has 2 aliphatic carbocycles. The van der Waals surface area contributed by atoms with E-state index in [0.717, 1.165) is 0 Å². The van der Waals surface area contributed by atoms with Crippen molar-refractivity contribution in [3.05, 3.63) is 43.2 Å². The molecule has 0 N–H and O–H groups in total. The molecule has 1 aliphatic heterocycles.